The predicted molar refractivity (Wildman–Crippen MR) is 119 cm³/mol. The van der Waals surface area contributed by atoms with Gasteiger partial charge in [0.1, 0.15) is 23.5 Å². The smallest absolute Gasteiger partial charge is 0.387 e. The molecule has 2 aliphatic rings. The van der Waals surface area contributed by atoms with Crippen LogP contribution >= 0.6 is 7.82 Å². The number of nitrogens with zero attached hydrogens (tertiary/aromatic N) is 4. The Kier molecular flexibility index (Phi) is 5.93. The van der Waals surface area contributed by atoms with Gasteiger partial charge in [0.2, 0.25) is 5.95 Å². The quantitative estimate of drug-likeness (QED) is 0.447. The van der Waals surface area contributed by atoms with Crippen molar-refractivity contribution in [3.05, 3.63) is 48.0 Å². The highest BCUT2D eigenvalue weighted by Crippen LogP contribution is 2.57. The van der Waals surface area contributed by atoms with E-state index in [0.717, 1.165) is 10.9 Å². The lowest BCUT2D eigenvalue weighted by Gasteiger charge is -2.30. The van der Waals surface area contributed by atoms with Crippen molar-refractivity contribution in [1.82, 2.24) is 19.5 Å². The van der Waals surface area contributed by atoms with Crippen LogP contribution in [0.3, 0.4) is 0 Å². The Morgan fingerprint density at radius 2 is 2.09 bits per heavy atom. The van der Waals surface area contributed by atoms with Gasteiger partial charge in [-0.05, 0) is 37.6 Å². The highest BCUT2D eigenvalue weighted by molar-refractivity contribution is 7.48. The van der Waals surface area contributed by atoms with Crippen LogP contribution in [-0.4, -0.2) is 60.8 Å². The Morgan fingerprint density at radius 3 is 2.85 bits per heavy atom. The zero-order valence-corrected chi connectivity index (χ0v) is 19.5. The summed E-state index contributed by atoms with van der Waals surface area (Å²) in [6.07, 6.45) is 1.55. The van der Waals surface area contributed by atoms with Gasteiger partial charge in [-0.2, -0.15) is 4.98 Å². The fraction of sp³-hybridized carbons (Fsp3) is 0.476. The second-order valence-electron chi connectivity index (χ2n) is 8.56. The number of anilines is 1. The zero-order chi connectivity index (χ0) is 24.1. The van der Waals surface area contributed by atoms with Crippen molar-refractivity contribution in [3.8, 4) is 0 Å². The number of aryl methyl sites for hydroxylation is 1. The largest absolute Gasteiger partial charge is 0.475 e. The lowest BCUT2D eigenvalue weighted by molar-refractivity contribution is -0.0950. The van der Waals surface area contributed by atoms with Crippen molar-refractivity contribution in [2.75, 3.05) is 18.9 Å². The number of hydrogen-bond donors (Lipinski definition) is 3. The number of phosphoric ester groups is 1. The molecule has 5 rings (SSSR count). The van der Waals surface area contributed by atoms with E-state index >= 15 is 0 Å². The minimum Gasteiger partial charge on any atom is -0.387 e. The van der Waals surface area contributed by atoms with Gasteiger partial charge in [0, 0.05) is 30.4 Å². The van der Waals surface area contributed by atoms with E-state index in [4.69, 9.17) is 24.0 Å². The van der Waals surface area contributed by atoms with Crippen LogP contribution in [0.5, 0.6) is 0 Å². The van der Waals surface area contributed by atoms with E-state index in [2.05, 4.69) is 15.0 Å². The van der Waals surface area contributed by atoms with Gasteiger partial charge < -0.3 is 25.3 Å². The Balaban J connectivity index is 1.33. The maximum atomic E-state index is 13.1. The number of ether oxygens (including phenoxy) is 1. The van der Waals surface area contributed by atoms with Crippen LogP contribution in [0.4, 0.5) is 5.95 Å². The standard InChI is InChI=1S/C21H26N5O7P/c1-12-14-5-9-26(18(14)25-20(22)24-12)19-21(2,28)17(27)16(32-19)11-31-34(29)30-10-6-15(33-34)13-3-7-23-8-4-13/h3-5,7-9,15-17,19,27-28H,6,10-11H2,1-2H3,(H2,22,24,25)/t15-,16+,17+,19+,21+,34+/m0/s1. The minimum atomic E-state index is -3.92. The number of nitrogen functional groups attached to an aromatic ring is 1. The van der Waals surface area contributed by atoms with Gasteiger partial charge in [-0.1, -0.05) is 0 Å². The van der Waals surface area contributed by atoms with E-state index < -0.39 is 38.0 Å². The van der Waals surface area contributed by atoms with Gasteiger partial charge in [0.15, 0.2) is 6.23 Å². The van der Waals surface area contributed by atoms with Crippen LogP contribution in [0.1, 0.15) is 36.9 Å². The fourth-order valence-electron chi connectivity index (χ4n) is 4.32. The van der Waals surface area contributed by atoms with Crippen LogP contribution in [0.2, 0.25) is 0 Å². The SMILES string of the molecule is Cc1nc(N)nc2c1ccn2[C@@H]1O[C@H](CO[P@@]2(=O)OCC[C@@H](c3ccncc3)O2)[C@@H](O)[C@@]1(C)O. The number of aliphatic hydroxyl groups excluding tert-OH is 1. The third kappa shape index (κ3) is 4.11. The molecule has 2 fully saturated rings. The summed E-state index contributed by atoms with van der Waals surface area (Å²) < 4.78 is 37.1. The Morgan fingerprint density at radius 1 is 1.32 bits per heavy atom. The monoisotopic (exact) mass is 491 g/mol. The Hall–Kier alpha value is -2.44. The van der Waals surface area contributed by atoms with Gasteiger partial charge in [-0.15, -0.1) is 0 Å². The van der Waals surface area contributed by atoms with E-state index in [0.29, 0.717) is 17.8 Å². The first-order chi connectivity index (χ1) is 16.2. The highest BCUT2D eigenvalue weighted by atomic mass is 31.2. The van der Waals surface area contributed by atoms with Crippen molar-refractivity contribution in [3.63, 3.8) is 0 Å². The third-order valence-corrected chi connectivity index (χ3v) is 7.62. The van der Waals surface area contributed by atoms with Crippen molar-refractivity contribution >= 4 is 24.8 Å². The van der Waals surface area contributed by atoms with Crippen LogP contribution in [0, 0.1) is 6.92 Å². The molecule has 0 aromatic carbocycles. The summed E-state index contributed by atoms with van der Waals surface area (Å²) in [7, 11) is -3.92. The molecule has 0 bridgehead atoms. The van der Waals surface area contributed by atoms with Crippen molar-refractivity contribution in [2.24, 2.45) is 0 Å². The molecule has 2 saturated heterocycles. The summed E-state index contributed by atoms with van der Waals surface area (Å²) >= 11 is 0. The average molecular weight is 491 g/mol. The molecule has 5 heterocycles. The molecule has 0 amide bonds. The van der Waals surface area contributed by atoms with Crippen molar-refractivity contribution < 1.29 is 33.1 Å². The van der Waals surface area contributed by atoms with Gasteiger partial charge in [0.05, 0.1) is 25.0 Å². The molecule has 4 N–H and O–H groups in total. The van der Waals surface area contributed by atoms with Gasteiger partial charge in [-0.25, -0.2) is 9.55 Å². The van der Waals surface area contributed by atoms with Crippen molar-refractivity contribution in [1.29, 1.82) is 0 Å². The first-order valence-electron chi connectivity index (χ1n) is 10.8. The number of nitrogens with two attached hydrogens (primary N) is 1. The summed E-state index contributed by atoms with van der Waals surface area (Å²) in [5.74, 6) is 0.0801. The molecule has 0 spiro atoms. The highest BCUT2D eigenvalue weighted by Gasteiger charge is 2.54. The van der Waals surface area contributed by atoms with E-state index in [9.17, 15) is 14.8 Å². The molecule has 182 valence electrons. The lowest BCUT2D eigenvalue weighted by Crippen LogP contribution is -2.44. The number of aromatic nitrogens is 4. The zero-order valence-electron chi connectivity index (χ0n) is 18.6. The number of fused-ring (bicyclic) bond motifs is 1. The molecule has 0 aliphatic carbocycles. The maximum absolute atomic E-state index is 13.1. The molecule has 0 saturated carbocycles. The summed E-state index contributed by atoms with van der Waals surface area (Å²) in [6.45, 7) is 3.09. The molecule has 0 radical (unpaired) electrons. The Bertz CT molecular complexity index is 1240. The van der Waals surface area contributed by atoms with Gasteiger partial charge in [0.25, 0.3) is 0 Å². The molecule has 3 aromatic rings. The average Bonchev–Trinajstić information content (AvgIpc) is 3.32. The third-order valence-electron chi connectivity index (χ3n) is 6.15. The first kappa shape index (κ1) is 23.3. The predicted octanol–water partition coefficient (Wildman–Crippen LogP) is 2.03. The summed E-state index contributed by atoms with van der Waals surface area (Å²) in [5, 5.41) is 22.6. The number of aliphatic hydroxyl groups is 2. The van der Waals surface area contributed by atoms with Gasteiger partial charge >= 0.3 is 7.82 Å². The first-order valence-corrected chi connectivity index (χ1v) is 12.3. The second-order valence-corrected chi connectivity index (χ2v) is 10.2. The number of rotatable bonds is 5. The topological polar surface area (TPSA) is 164 Å². The summed E-state index contributed by atoms with van der Waals surface area (Å²) in [5.41, 5.74) is 6.02. The second kappa shape index (κ2) is 8.65. The summed E-state index contributed by atoms with van der Waals surface area (Å²) in [4.78, 5) is 12.4. The molecule has 13 heteroatoms. The molecule has 34 heavy (non-hydrogen) atoms. The number of hydrogen-bond acceptors (Lipinski definition) is 11. The minimum absolute atomic E-state index is 0.0801. The van der Waals surface area contributed by atoms with Crippen LogP contribution in [-0.2, 0) is 22.9 Å². The van der Waals surface area contributed by atoms with Gasteiger partial charge in [-0.3, -0.25) is 18.6 Å². The molecule has 2 aliphatic heterocycles. The molecule has 3 aromatic heterocycles. The lowest BCUT2D eigenvalue weighted by atomic mass is 9.96. The van der Waals surface area contributed by atoms with E-state index in [1.54, 1.807) is 48.3 Å². The van der Waals surface area contributed by atoms with E-state index in [-0.39, 0.29) is 19.2 Å². The molecular weight excluding hydrogens is 465 g/mol. The molecular formula is C21H26N5O7P. The maximum Gasteiger partial charge on any atom is 0.475 e. The molecule has 6 atom stereocenters. The van der Waals surface area contributed by atoms with Crippen LogP contribution in [0.15, 0.2) is 36.8 Å². The van der Waals surface area contributed by atoms with Crippen LogP contribution in [0.25, 0.3) is 11.0 Å². The number of pyridine rings is 1. The summed E-state index contributed by atoms with van der Waals surface area (Å²) in [6, 6.07) is 5.32. The van der Waals surface area contributed by atoms with Crippen molar-refractivity contribution in [2.45, 2.75) is 50.4 Å². The fourth-order valence-corrected chi connectivity index (χ4v) is 5.71. The van der Waals surface area contributed by atoms with Crippen LogP contribution < -0.4 is 5.73 Å². The van der Waals surface area contributed by atoms with E-state index in [1.165, 1.54) is 6.92 Å². The normalized spacial score (nSPS) is 34.0. The molecule has 12 nitrogen and oxygen atoms in total. The van der Waals surface area contributed by atoms with E-state index in [1.807, 2.05) is 0 Å². The Labute approximate surface area is 195 Å². The number of phosphoric acid groups is 1. The molecule has 0 unspecified atom stereocenters.